The van der Waals surface area contributed by atoms with Gasteiger partial charge in [0.25, 0.3) is 0 Å². The Kier molecular flexibility index (Phi) is 5.63. The van der Waals surface area contributed by atoms with Crippen LogP contribution in [0, 0.1) is 18.6 Å². The van der Waals surface area contributed by atoms with Crippen LogP contribution >= 0.6 is 0 Å². The van der Waals surface area contributed by atoms with Gasteiger partial charge in [0.2, 0.25) is 15.9 Å². The molecule has 5 nitrogen and oxygen atoms in total. The lowest BCUT2D eigenvalue weighted by Crippen LogP contribution is -2.27. The van der Waals surface area contributed by atoms with Gasteiger partial charge in [-0.1, -0.05) is 17.7 Å². The second-order valence-corrected chi connectivity index (χ2v) is 6.93. The summed E-state index contributed by atoms with van der Waals surface area (Å²) in [4.78, 5) is 11.8. The van der Waals surface area contributed by atoms with Crippen molar-refractivity contribution in [2.75, 3.05) is 11.9 Å². The molecule has 0 fully saturated rings. The van der Waals surface area contributed by atoms with Gasteiger partial charge in [-0.2, -0.15) is 0 Å². The highest BCUT2D eigenvalue weighted by Crippen LogP contribution is 2.13. The monoisotopic (exact) mass is 354 g/mol. The van der Waals surface area contributed by atoms with Gasteiger partial charge in [0.05, 0.1) is 4.90 Å². The molecule has 2 N–H and O–H groups in total. The zero-order valence-corrected chi connectivity index (χ0v) is 13.7. The lowest BCUT2D eigenvalue weighted by atomic mass is 10.2. The standard InChI is InChI=1S/C16H16F2N2O3S/c1-11-2-4-15(5-3-11)24(22,23)19-7-6-16(21)20-14-9-12(17)8-13(18)10-14/h2-5,8-10,19H,6-7H2,1H3,(H,20,21). The van der Waals surface area contributed by atoms with Crippen LogP contribution in [0.5, 0.6) is 0 Å². The molecule has 128 valence electrons. The van der Waals surface area contributed by atoms with Crippen LogP contribution in [0.15, 0.2) is 47.4 Å². The van der Waals surface area contributed by atoms with Crippen molar-refractivity contribution in [3.63, 3.8) is 0 Å². The smallest absolute Gasteiger partial charge is 0.240 e. The molecule has 0 heterocycles. The average Bonchev–Trinajstić information content (AvgIpc) is 2.46. The van der Waals surface area contributed by atoms with Gasteiger partial charge in [-0.15, -0.1) is 0 Å². The van der Waals surface area contributed by atoms with Crippen LogP contribution in [0.4, 0.5) is 14.5 Å². The third-order valence-corrected chi connectivity index (χ3v) is 4.60. The number of anilines is 1. The summed E-state index contributed by atoms with van der Waals surface area (Å²) in [6.45, 7) is 1.70. The largest absolute Gasteiger partial charge is 0.326 e. The number of aryl methyl sites for hydroxylation is 1. The maximum Gasteiger partial charge on any atom is 0.240 e. The summed E-state index contributed by atoms with van der Waals surface area (Å²) in [6.07, 6.45) is -0.177. The van der Waals surface area contributed by atoms with E-state index < -0.39 is 27.6 Å². The number of nitrogens with one attached hydrogen (secondary N) is 2. The highest BCUT2D eigenvalue weighted by atomic mass is 32.2. The Morgan fingerprint density at radius 2 is 1.62 bits per heavy atom. The number of carbonyl (C=O) groups is 1. The highest BCUT2D eigenvalue weighted by molar-refractivity contribution is 7.89. The zero-order valence-electron chi connectivity index (χ0n) is 12.8. The number of carbonyl (C=O) groups excluding carboxylic acids is 1. The van der Waals surface area contributed by atoms with E-state index in [1.807, 2.05) is 6.92 Å². The Bertz CT molecular complexity index is 817. The van der Waals surface area contributed by atoms with E-state index in [1.165, 1.54) is 12.1 Å². The first-order valence-electron chi connectivity index (χ1n) is 7.08. The maximum atomic E-state index is 13.0. The molecule has 2 rings (SSSR count). The van der Waals surface area contributed by atoms with E-state index in [2.05, 4.69) is 10.0 Å². The molecule has 0 unspecified atom stereocenters. The zero-order chi connectivity index (χ0) is 17.7. The second kappa shape index (κ2) is 7.50. The molecule has 0 atom stereocenters. The Hall–Kier alpha value is -2.32. The molecule has 0 saturated carbocycles. The van der Waals surface area contributed by atoms with Gasteiger partial charge in [-0.25, -0.2) is 21.9 Å². The summed E-state index contributed by atoms with van der Waals surface area (Å²) < 4.78 is 52.4. The van der Waals surface area contributed by atoms with Gasteiger partial charge in [0, 0.05) is 24.7 Å². The molecule has 0 aliphatic rings. The summed E-state index contributed by atoms with van der Waals surface area (Å²) in [5.74, 6) is -2.19. The molecule has 0 bridgehead atoms. The Morgan fingerprint density at radius 1 is 1.04 bits per heavy atom. The lowest BCUT2D eigenvalue weighted by molar-refractivity contribution is -0.116. The number of hydrogen-bond donors (Lipinski definition) is 2. The number of amides is 1. The molecule has 0 aliphatic heterocycles. The van der Waals surface area contributed by atoms with Crippen molar-refractivity contribution >= 4 is 21.6 Å². The van der Waals surface area contributed by atoms with Crippen LogP contribution in [-0.2, 0) is 14.8 Å². The summed E-state index contributed by atoms with van der Waals surface area (Å²) in [7, 11) is -3.71. The summed E-state index contributed by atoms with van der Waals surface area (Å²) in [6, 6.07) is 8.89. The normalized spacial score (nSPS) is 11.3. The molecule has 0 spiro atoms. The van der Waals surface area contributed by atoms with Gasteiger partial charge in [0.1, 0.15) is 11.6 Å². The fourth-order valence-electron chi connectivity index (χ4n) is 1.95. The molecule has 8 heteroatoms. The van der Waals surface area contributed by atoms with E-state index in [0.717, 1.165) is 17.7 Å². The number of hydrogen-bond acceptors (Lipinski definition) is 3. The summed E-state index contributed by atoms with van der Waals surface area (Å²) >= 11 is 0. The molecule has 0 aliphatic carbocycles. The molecular formula is C16H16F2N2O3S. The van der Waals surface area contributed by atoms with E-state index in [4.69, 9.17) is 0 Å². The van der Waals surface area contributed by atoms with Crippen molar-refractivity contribution in [3.8, 4) is 0 Å². The van der Waals surface area contributed by atoms with Gasteiger partial charge in [-0.05, 0) is 31.2 Å². The van der Waals surface area contributed by atoms with E-state index in [-0.39, 0.29) is 23.5 Å². The third-order valence-electron chi connectivity index (χ3n) is 3.12. The molecule has 2 aromatic carbocycles. The van der Waals surface area contributed by atoms with Crippen molar-refractivity contribution in [1.29, 1.82) is 0 Å². The molecule has 24 heavy (non-hydrogen) atoms. The SMILES string of the molecule is Cc1ccc(S(=O)(=O)NCCC(=O)Nc2cc(F)cc(F)c2)cc1. The summed E-state index contributed by atoms with van der Waals surface area (Å²) in [5, 5.41) is 2.30. The van der Waals surface area contributed by atoms with Crippen LogP contribution in [0.2, 0.25) is 0 Å². The van der Waals surface area contributed by atoms with E-state index >= 15 is 0 Å². The highest BCUT2D eigenvalue weighted by Gasteiger charge is 2.14. The van der Waals surface area contributed by atoms with Gasteiger partial charge >= 0.3 is 0 Å². The Morgan fingerprint density at radius 3 is 2.21 bits per heavy atom. The molecule has 2 aromatic rings. The predicted molar refractivity (Wildman–Crippen MR) is 86.0 cm³/mol. The topological polar surface area (TPSA) is 75.3 Å². The number of halogens is 2. The minimum absolute atomic E-state index is 0.0288. The number of rotatable bonds is 6. The van der Waals surface area contributed by atoms with Crippen molar-refractivity contribution in [2.45, 2.75) is 18.2 Å². The third kappa shape index (κ3) is 5.10. The van der Waals surface area contributed by atoms with Gasteiger partial charge in [-0.3, -0.25) is 4.79 Å². The number of benzene rings is 2. The second-order valence-electron chi connectivity index (χ2n) is 5.17. The van der Waals surface area contributed by atoms with Crippen molar-refractivity contribution in [3.05, 3.63) is 59.7 Å². The lowest BCUT2D eigenvalue weighted by Gasteiger charge is -2.08. The van der Waals surface area contributed by atoms with Crippen molar-refractivity contribution in [2.24, 2.45) is 0 Å². The Balaban J connectivity index is 1.89. The minimum atomic E-state index is -3.71. The molecular weight excluding hydrogens is 338 g/mol. The van der Waals surface area contributed by atoms with Crippen molar-refractivity contribution < 1.29 is 22.0 Å². The van der Waals surface area contributed by atoms with Crippen LogP contribution in [-0.4, -0.2) is 20.9 Å². The average molecular weight is 354 g/mol. The minimum Gasteiger partial charge on any atom is -0.326 e. The molecule has 0 radical (unpaired) electrons. The van der Waals surface area contributed by atoms with Crippen LogP contribution in [0.1, 0.15) is 12.0 Å². The first kappa shape index (κ1) is 18.0. The number of sulfonamides is 1. The van der Waals surface area contributed by atoms with Crippen molar-refractivity contribution in [1.82, 2.24) is 4.72 Å². The predicted octanol–water partition coefficient (Wildman–Crippen LogP) is 2.58. The maximum absolute atomic E-state index is 13.0. The first-order valence-corrected chi connectivity index (χ1v) is 8.57. The van der Waals surface area contributed by atoms with E-state index in [9.17, 15) is 22.0 Å². The van der Waals surface area contributed by atoms with Crippen LogP contribution in [0.25, 0.3) is 0 Å². The first-order chi connectivity index (χ1) is 11.3. The van der Waals surface area contributed by atoms with E-state index in [0.29, 0.717) is 6.07 Å². The quantitative estimate of drug-likeness (QED) is 0.837. The fraction of sp³-hybridized carbons (Fsp3) is 0.188. The Labute approximate surface area is 138 Å². The van der Waals surface area contributed by atoms with Gasteiger partial charge in [0.15, 0.2) is 0 Å². The van der Waals surface area contributed by atoms with Gasteiger partial charge < -0.3 is 5.32 Å². The summed E-state index contributed by atoms with van der Waals surface area (Å²) in [5.41, 5.74) is 0.898. The molecule has 0 aromatic heterocycles. The molecule has 1 amide bonds. The fourth-order valence-corrected chi connectivity index (χ4v) is 2.98. The van der Waals surface area contributed by atoms with Crippen LogP contribution in [0.3, 0.4) is 0 Å². The van der Waals surface area contributed by atoms with Crippen LogP contribution < -0.4 is 10.0 Å². The molecule has 0 saturated heterocycles. The van der Waals surface area contributed by atoms with E-state index in [1.54, 1.807) is 12.1 Å².